The smallest absolute Gasteiger partial charge is 0.475 e. The number of urea groups is 1. The van der Waals surface area contributed by atoms with Crippen LogP contribution in [0, 0.1) is 11.2 Å². The molecule has 0 atom stereocenters. The van der Waals surface area contributed by atoms with E-state index in [0.29, 0.717) is 34.4 Å². The molecular formula is C23H23F4N7O3. The molecule has 6 rings (SSSR count). The summed E-state index contributed by atoms with van der Waals surface area (Å²) in [4.78, 5) is 30.4. The van der Waals surface area contributed by atoms with E-state index in [-0.39, 0.29) is 6.03 Å². The van der Waals surface area contributed by atoms with Gasteiger partial charge in [0.25, 0.3) is 0 Å². The quantitative estimate of drug-likeness (QED) is 0.444. The van der Waals surface area contributed by atoms with Crippen molar-refractivity contribution < 1.29 is 32.3 Å². The highest BCUT2D eigenvalue weighted by Crippen LogP contribution is 2.42. The van der Waals surface area contributed by atoms with Crippen molar-refractivity contribution in [2.24, 2.45) is 12.5 Å². The highest BCUT2D eigenvalue weighted by atomic mass is 19.4. The Bertz CT molecular complexity index is 1380. The number of anilines is 3. The number of carbonyl (C=O) groups excluding carboxylic acids is 1. The predicted octanol–water partition coefficient (Wildman–Crippen LogP) is 2.74. The molecule has 2 amide bonds. The number of pyridine rings is 1. The van der Waals surface area contributed by atoms with Gasteiger partial charge in [-0.2, -0.15) is 18.3 Å². The topological polar surface area (TPSA) is 116 Å². The van der Waals surface area contributed by atoms with Crippen LogP contribution in [0.2, 0.25) is 0 Å². The zero-order chi connectivity index (χ0) is 26.5. The van der Waals surface area contributed by atoms with Crippen LogP contribution in [0.25, 0.3) is 10.9 Å². The average molecular weight is 521 g/mol. The van der Waals surface area contributed by atoms with Crippen molar-refractivity contribution >= 4 is 40.1 Å². The molecular weight excluding hydrogens is 498 g/mol. The van der Waals surface area contributed by atoms with Crippen LogP contribution in [-0.2, 0) is 18.3 Å². The SMILES string of the molecule is Cn1cc2cc(NC(=O)N3CCc4c(N5CC6(CNC6)C5)ccnc43)cc(F)c2n1.O=C(O)C(F)(F)F. The molecule has 10 nitrogen and oxygen atoms in total. The van der Waals surface area contributed by atoms with E-state index in [9.17, 15) is 22.4 Å². The largest absolute Gasteiger partial charge is 0.490 e. The number of nitrogens with one attached hydrogen (secondary N) is 2. The maximum atomic E-state index is 14.3. The van der Waals surface area contributed by atoms with E-state index in [1.165, 1.54) is 11.8 Å². The third-order valence-corrected chi connectivity index (χ3v) is 6.66. The molecule has 0 aliphatic carbocycles. The van der Waals surface area contributed by atoms with E-state index >= 15 is 0 Å². The van der Waals surface area contributed by atoms with Gasteiger partial charge in [0.1, 0.15) is 11.3 Å². The lowest BCUT2D eigenvalue weighted by molar-refractivity contribution is -0.192. The highest BCUT2D eigenvalue weighted by Gasteiger charge is 2.48. The number of benzene rings is 1. The van der Waals surface area contributed by atoms with Crippen LogP contribution in [0.1, 0.15) is 5.56 Å². The zero-order valence-electron chi connectivity index (χ0n) is 19.6. The van der Waals surface area contributed by atoms with E-state index in [1.807, 2.05) is 6.07 Å². The summed E-state index contributed by atoms with van der Waals surface area (Å²) in [5, 5.41) is 18.1. The maximum absolute atomic E-state index is 14.3. The Balaban J connectivity index is 0.000000355. The molecule has 3 aromatic rings. The molecule has 1 spiro atoms. The summed E-state index contributed by atoms with van der Waals surface area (Å²) in [5.74, 6) is -2.52. The molecule has 5 heterocycles. The van der Waals surface area contributed by atoms with Gasteiger partial charge in [-0.1, -0.05) is 0 Å². The number of aryl methyl sites for hydroxylation is 1. The predicted molar refractivity (Wildman–Crippen MR) is 126 cm³/mol. The highest BCUT2D eigenvalue weighted by molar-refractivity contribution is 6.04. The van der Waals surface area contributed by atoms with Gasteiger partial charge in [0.15, 0.2) is 5.82 Å². The Morgan fingerprint density at radius 2 is 1.92 bits per heavy atom. The Kier molecular flexibility index (Phi) is 5.93. The summed E-state index contributed by atoms with van der Waals surface area (Å²) in [6, 6.07) is 4.78. The number of fused-ring (bicyclic) bond motifs is 2. The maximum Gasteiger partial charge on any atom is 0.490 e. The number of alkyl halides is 3. The first kappa shape index (κ1) is 24.7. The second-order valence-corrected chi connectivity index (χ2v) is 9.43. The van der Waals surface area contributed by atoms with Gasteiger partial charge in [-0.25, -0.2) is 19.0 Å². The Morgan fingerprint density at radius 3 is 2.54 bits per heavy atom. The average Bonchev–Trinajstić information content (AvgIpc) is 3.35. The summed E-state index contributed by atoms with van der Waals surface area (Å²) < 4.78 is 47.6. The minimum atomic E-state index is -5.08. The number of hydrogen-bond donors (Lipinski definition) is 3. The van der Waals surface area contributed by atoms with Gasteiger partial charge < -0.3 is 20.6 Å². The number of halogens is 4. The molecule has 196 valence electrons. The van der Waals surface area contributed by atoms with Crippen LogP contribution in [0.3, 0.4) is 0 Å². The second-order valence-electron chi connectivity index (χ2n) is 9.43. The van der Waals surface area contributed by atoms with Crippen molar-refractivity contribution in [2.75, 3.05) is 47.8 Å². The number of carboxylic acid groups (broad SMARTS) is 1. The number of aliphatic carboxylic acids is 1. The fraction of sp³-hybridized carbons (Fsp3) is 0.391. The van der Waals surface area contributed by atoms with Gasteiger partial charge >= 0.3 is 18.2 Å². The number of hydrogen-bond acceptors (Lipinski definition) is 6. The van der Waals surface area contributed by atoms with Crippen LogP contribution in [0.5, 0.6) is 0 Å². The molecule has 3 N–H and O–H groups in total. The second kappa shape index (κ2) is 8.87. The van der Waals surface area contributed by atoms with E-state index < -0.39 is 18.0 Å². The van der Waals surface area contributed by atoms with Gasteiger partial charge in [0, 0.05) is 79.9 Å². The Morgan fingerprint density at radius 1 is 1.22 bits per heavy atom. The number of carbonyl (C=O) groups is 2. The molecule has 2 aromatic heterocycles. The lowest BCUT2D eigenvalue weighted by Gasteiger charge is -2.57. The molecule has 0 unspecified atom stereocenters. The molecule has 3 aliphatic rings. The number of nitrogens with zero attached hydrogens (tertiary/aromatic N) is 5. The Labute approximate surface area is 207 Å². The van der Waals surface area contributed by atoms with Crippen LogP contribution >= 0.6 is 0 Å². The minimum absolute atomic E-state index is 0.294. The summed E-state index contributed by atoms with van der Waals surface area (Å²) in [5.41, 5.74) is 3.42. The van der Waals surface area contributed by atoms with E-state index in [4.69, 9.17) is 9.90 Å². The van der Waals surface area contributed by atoms with Gasteiger partial charge in [-0.15, -0.1) is 0 Å². The number of amides is 2. The fourth-order valence-corrected chi connectivity index (χ4v) is 4.88. The summed E-state index contributed by atoms with van der Waals surface area (Å²) >= 11 is 0. The van der Waals surface area contributed by atoms with Gasteiger partial charge in [-0.05, 0) is 24.6 Å². The normalized spacial score (nSPS) is 17.5. The lowest BCUT2D eigenvalue weighted by atomic mass is 9.74. The number of carboxylic acids is 1. The Hall–Kier alpha value is -3.94. The van der Waals surface area contributed by atoms with Crippen LogP contribution < -0.4 is 20.4 Å². The molecule has 37 heavy (non-hydrogen) atoms. The van der Waals surface area contributed by atoms with Gasteiger partial charge in [0.2, 0.25) is 0 Å². The van der Waals surface area contributed by atoms with E-state index in [1.54, 1.807) is 35.1 Å². The van der Waals surface area contributed by atoms with Crippen LogP contribution in [0.15, 0.2) is 30.6 Å². The number of rotatable bonds is 2. The van der Waals surface area contributed by atoms with Crippen LogP contribution in [0.4, 0.5) is 39.5 Å². The van der Waals surface area contributed by atoms with Crippen molar-refractivity contribution in [3.05, 3.63) is 42.0 Å². The molecule has 1 aromatic carbocycles. The third kappa shape index (κ3) is 4.63. The van der Waals surface area contributed by atoms with Crippen molar-refractivity contribution in [1.82, 2.24) is 20.1 Å². The molecule has 0 bridgehead atoms. The molecule has 2 fully saturated rings. The summed E-state index contributed by atoms with van der Waals surface area (Å²) in [6.45, 7) is 4.83. The van der Waals surface area contributed by atoms with E-state index in [2.05, 4.69) is 25.6 Å². The monoisotopic (exact) mass is 521 g/mol. The zero-order valence-corrected chi connectivity index (χ0v) is 19.6. The third-order valence-electron chi connectivity index (χ3n) is 6.66. The van der Waals surface area contributed by atoms with Crippen molar-refractivity contribution in [3.63, 3.8) is 0 Å². The van der Waals surface area contributed by atoms with Crippen molar-refractivity contribution in [1.29, 1.82) is 0 Å². The molecule has 14 heteroatoms. The first-order chi connectivity index (χ1) is 17.5. The van der Waals surface area contributed by atoms with Crippen LogP contribution in [-0.4, -0.2) is 70.8 Å². The summed E-state index contributed by atoms with van der Waals surface area (Å²) in [7, 11) is 1.74. The minimum Gasteiger partial charge on any atom is -0.475 e. The van der Waals surface area contributed by atoms with Gasteiger partial charge in [0.05, 0.1) is 0 Å². The summed E-state index contributed by atoms with van der Waals surface area (Å²) in [6.07, 6.45) is -0.820. The fourth-order valence-electron chi connectivity index (χ4n) is 4.88. The first-order valence-corrected chi connectivity index (χ1v) is 11.4. The van der Waals surface area contributed by atoms with Gasteiger partial charge in [-0.3, -0.25) is 9.58 Å². The lowest BCUT2D eigenvalue weighted by Crippen LogP contribution is -2.71. The van der Waals surface area contributed by atoms with E-state index in [0.717, 1.165) is 38.2 Å². The standard InChI is InChI=1S/C21H22FN7O.C2HF3O2/c1-27-8-13-6-14(7-16(22)18(13)26-27)25-20(30)29-5-3-15-17(2-4-24-19(15)29)28-11-21(12-28)9-23-10-21;3-2(4,5)1(6)7/h2,4,6-8,23H,3,5,9-12H2,1H3,(H,25,30);(H,6,7). The number of aromatic nitrogens is 3. The first-order valence-electron chi connectivity index (χ1n) is 11.4. The molecule has 0 radical (unpaired) electrons. The molecule has 3 aliphatic heterocycles. The van der Waals surface area contributed by atoms with Crippen molar-refractivity contribution in [2.45, 2.75) is 12.6 Å². The molecule has 0 saturated carbocycles. The van der Waals surface area contributed by atoms with Crippen molar-refractivity contribution in [3.8, 4) is 0 Å². The molecule has 2 saturated heterocycles.